The normalized spacial score (nSPS) is 12.3. The molecule has 120 valence electrons. The molecule has 0 aliphatic carbocycles. The van der Waals surface area contributed by atoms with Crippen molar-refractivity contribution in [1.82, 2.24) is 4.98 Å². The van der Waals surface area contributed by atoms with Crippen molar-refractivity contribution in [2.75, 3.05) is 23.9 Å². The van der Waals surface area contributed by atoms with E-state index in [1.807, 2.05) is 13.8 Å². The van der Waals surface area contributed by atoms with Crippen LogP contribution >= 0.6 is 0 Å². The van der Waals surface area contributed by atoms with Crippen LogP contribution in [0.15, 0.2) is 12.1 Å². The molecule has 1 rings (SSSR count). The van der Waals surface area contributed by atoms with Crippen molar-refractivity contribution >= 4 is 11.6 Å². The number of rotatable bonds is 7. The van der Waals surface area contributed by atoms with Gasteiger partial charge in [-0.1, -0.05) is 13.8 Å². The Kier molecular flexibility index (Phi) is 5.79. The van der Waals surface area contributed by atoms with Crippen molar-refractivity contribution in [2.24, 2.45) is 11.3 Å². The van der Waals surface area contributed by atoms with Gasteiger partial charge in [-0.25, -0.2) is 10.8 Å². The zero-order valence-electron chi connectivity index (χ0n) is 12.1. The van der Waals surface area contributed by atoms with Crippen LogP contribution in [0, 0.1) is 5.41 Å². The topological polar surface area (TPSA) is 83.2 Å². The van der Waals surface area contributed by atoms with Crippen molar-refractivity contribution in [2.45, 2.75) is 32.9 Å². The number of nitrogen functional groups attached to an aromatic ring is 1. The number of aliphatic hydroxyl groups is 1. The van der Waals surface area contributed by atoms with Gasteiger partial charge in [0.05, 0.1) is 5.56 Å². The fourth-order valence-corrected chi connectivity index (χ4v) is 1.83. The number of nitrogens with zero attached hydrogens (tertiary/aromatic N) is 1. The van der Waals surface area contributed by atoms with Gasteiger partial charge >= 0.3 is 6.18 Å². The summed E-state index contributed by atoms with van der Waals surface area (Å²) in [5.41, 5.74) is 1.14. The fourth-order valence-electron chi connectivity index (χ4n) is 1.83. The molecule has 21 heavy (non-hydrogen) atoms. The largest absolute Gasteiger partial charge is 0.416 e. The van der Waals surface area contributed by atoms with Gasteiger partial charge in [0.25, 0.3) is 0 Å². The maximum atomic E-state index is 12.8. The average molecular weight is 306 g/mol. The van der Waals surface area contributed by atoms with Gasteiger partial charge in [0.1, 0.15) is 11.6 Å². The summed E-state index contributed by atoms with van der Waals surface area (Å²) >= 11 is 0. The predicted molar refractivity (Wildman–Crippen MR) is 75.6 cm³/mol. The third-order valence-electron chi connectivity index (χ3n) is 3.06. The SMILES string of the molecule is CC(C)(CCCO)CNc1cc(C(F)(F)F)cc(NN)n1. The van der Waals surface area contributed by atoms with Crippen LogP contribution in [-0.4, -0.2) is 23.2 Å². The first-order valence-electron chi connectivity index (χ1n) is 6.58. The number of alkyl halides is 3. The number of pyridine rings is 1. The Balaban J connectivity index is 2.83. The van der Waals surface area contributed by atoms with E-state index in [2.05, 4.69) is 15.7 Å². The highest BCUT2D eigenvalue weighted by Gasteiger charge is 2.31. The second kappa shape index (κ2) is 6.95. The number of anilines is 2. The lowest BCUT2D eigenvalue weighted by Crippen LogP contribution is -2.24. The minimum Gasteiger partial charge on any atom is -0.396 e. The van der Waals surface area contributed by atoms with Crippen LogP contribution < -0.4 is 16.6 Å². The van der Waals surface area contributed by atoms with Crippen molar-refractivity contribution in [3.05, 3.63) is 17.7 Å². The van der Waals surface area contributed by atoms with Gasteiger partial charge in [0, 0.05) is 13.2 Å². The Bertz CT molecular complexity index is 463. The van der Waals surface area contributed by atoms with Crippen LogP contribution in [0.4, 0.5) is 24.8 Å². The van der Waals surface area contributed by atoms with E-state index in [1.165, 1.54) is 0 Å². The Morgan fingerprint density at radius 1 is 1.24 bits per heavy atom. The first-order chi connectivity index (χ1) is 9.68. The lowest BCUT2D eigenvalue weighted by Gasteiger charge is -2.25. The summed E-state index contributed by atoms with van der Waals surface area (Å²) < 4.78 is 38.3. The van der Waals surface area contributed by atoms with Gasteiger partial charge in [-0.3, -0.25) is 0 Å². The van der Waals surface area contributed by atoms with Crippen molar-refractivity contribution < 1.29 is 18.3 Å². The summed E-state index contributed by atoms with van der Waals surface area (Å²) in [6.45, 7) is 4.45. The first-order valence-corrected chi connectivity index (χ1v) is 6.58. The van der Waals surface area contributed by atoms with E-state index in [4.69, 9.17) is 10.9 Å². The Morgan fingerprint density at radius 3 is 2.38 bits per heavy atom. The molecule has 0 radical (unpaired) electrons. The second-order valence-electron chi connectivity index (χ2n) is 5.61. The molecule has 0 amide bonds. The van der Waals surface area contributed by atoms with E-state index in [9.17, 15) is 13.2 Å². The van der Waals surface area contributed by atoms with Crippen LogP contribution in [0.1, 0.15) is 32.3 Å². The molecule has 1 heterocycles. The molecule has 8 heteroatoms. The lowest BCUT2D eigenvalue weighted by molar-refractivity contribution is -0.137. The second-order valence-corrected chi connectivity index (χ2v) is 5.61. The highest BCUT2D eigenvalue weighted by atomic mass is 19.4. The number of halogens is 3. The van der Waals surface area contributed by atoms with Crippen molar-refractivity contribution in [1.29, 1.82) is 0 Å². The fraction of sp³-hybridized carbons (Fsp3) is 0.615. The summed E-state index contributed by atoms with van der Waals surface area (Å²) in [7, 11) is 0. The summed E-state index contributed by atoms with van der Waals surface area (Å²) in [6.07, 6.45) is -3.07. The van der Waals surface area contributed by atoms with E-state index in [0.717, 1.165) is 18.6 Å². The summed E-state index contributed by atoms with van der Waals surface area (Å²) in [5.74, 6) is 5.19. The molecular formula is C13H21F3N4O. The van der Waals surface area contributed by atoms with Crippen molar-refractivity contribution in [3.8, 4) is 0 Å². The maximum absolute atomic E-state index is 12.8. The summed E-state index contributed by atoms with van der Waals surface area (Å²) in [6, 6.07) is 1.80. The number of nitrogens with one attached hydrogen (secondary N) is 2. The van der Waals surface area contributed by atoms with Gasteiger partial charge in [-0.05, 0) is 30.4 Å². The molecule has 0 atom stereocenters. The predicted octanol–water partition coefficient (Wildman–Crippen LogP) is 2.60. The zero-order chi connectivity index (χ0) is 16.1. The average Bonchev–Trinajstić information content (AvgIpc) is 2.42. The third-order valence-corrected chi connectivity index (χ3v) is 3.06. The van der Waals surface area contributed by atoms with Crippen LogP contribution in [0.5, 0.6) is 0 Å². The van der Waals surface area contributed by atoms with E-state index in [0.29, 0.717) is 13.0 Å². The number of aromatic nitrogens is 1. The minimum atomic E-state index is -4.46. The number of nitrogens with two attached hydrogens (primary N) is 1. The van der Waals surface area contributed by atoms with Crippen LogP contribution in [0.3, 0.4) is 0 Å². The van der Waals surface area contributed by atoms with Crippen molar-refractivity contribution in [3.63, 3.8) is 0 Å². The molecule has 0 bridgehead atoms. The molecule has 0 fully saturated rings. The molecule has 5 nitrogen and oxygen atoms in total. The van der Waals surface area contributed by atoms with Gasteiger partial charge in [-0.2, -0.15) is 13.2 Å². The van der Waals surface area contributed by atoms with Crippen LogP contribution in [0.2, 0.25) is 0 Å². The minimum absolute atomic E-state index is 0.0551. The number of hydrogen-bond acceptors (Lipinski definition) is 5. The van der Waals surface area contributed by atoms with Crippen LogP contribution in [-0.2, 0) is 6.18 Å². The highest BCUT2D eigenvalue weighted by Crippen LogP contribution is 2.32. The quantitative estimate of drug-likeness (QED) is 0.460. The maximum Gasteiger partial charge on any atom is 0.416 e. The third kappa shape index (κ3) is 5.76. The molecule has 0 saturated heterocycles. The van der Waals surface area contributed by atoms with Gasteiger partial charge < -0.3 is 15.8 Å². The lowest BCUT2D eigenvalue weighted by atomic mass is 9.88. The van der Waals surface area contributed by atoms with E-state index in [-0.39, 0.29) is 23.7 Å². The molecule has 0 spiro atoms. The number of hydrogen-bond donors (Lipinski definition) is 4. The molecule has 0 saturated carbocycles. The smallest absolute Gasteiger partial charge is 0.396 e. The van der Waals surface area contributed by atoms with Gasteiger partial charge in [0.2, 0.25) is 0 Å². The monoisotopic (exact) mass is 306 g/mol. The zero-order valence-corrected chi connectivity index (χ0v) is 12.1. The number of aliphatic hydroxyl groups excluding tert-OH is 1. The van der Waals surface area contributed by atoms with Gasteiger partial charge in [0.15, 0.2) is 0 Å². The first kappa shape index (κ1) is 17.5. The Labute approximate surface area is 121 Å². The summed E-state index contributed by atoms with van der Waals surface area (Å²) in [4.78, 5) is 3.95. The molecule has 5 N–H and O–H groups in total. The molecule has 0 unspecified atom stereocenters. The van der Waals surface area contributed by atoms with E-state index >= 15 is 0 Å². The molecule has 1 aromatic rings. The van der Waals surface area contributed by atoms with E-state index < -0.39 is 11.7 Å². The van der Waals surface area contributed by atoms with Gasteiger partial charge in [-0.15, -0.1) is 0 Å². The standard InChI is InChI=1S/C13H21F3N4O/c1-12(2,4-3-5-21)8-18-10-6-9(13(14,15)16)7-11(19-10)20-17/h6-7,21H,3-5,8,17H2,1-2H3,(H2,18,19,20). The molecule has 0 aliphatic rings. The summed E-state index contributed by atoms with van der Waals surface area (Å²) in [5, 5.41) is 11.7. The molecule has 0 aliphatic heterocycles. The Hall–Kier alpha value is -1.54. The molecule has 1 aromatic heterocycles. The number of hydrazine groups is 1. The Morgan fingerprint density at radius 2 is 1.86 bits per heavy atom. The molecule has 0 aromatic carbocycles. The van der Waals surface area contributed by atoms with Crippen LogP contribution in [0.25, 0.3) is 0 Å². The van der Waals surface area contributed by atoms with E-state index in [1.54, 1.807) is 0 Å². The highest BCUT2D eigenvalue weighted by molar-refractivity contribution is 5.49. The molecular weight excluding hydrogens is 285 g/mol.